The first-order chi connectivity index (χ1) is 11.8. The molecule has 0 saturated heterocycles. The average Bonchev–Trinajstić information content (AvgIpc) is 3.27. The summed E-state index contributed by atoms with van der Waals surface area (Å²) >= 11 is 0. The molecule has 0 spiro atoms. The van der Waals surface area contributed by atoms with Crippen molar-refractivity contribution in [2.75, 3.05) is 0 Å². The third kappa shape index (κ3) is 3.96. The van der Waals surface area contributed by atoms with Crippen LogP contribution in [0.4, 0.5) is 0 Å². The second-order valence-electron chi connectivity index (χ2n) is 7.51. The Morgan fingerprint density at radius 3 is 1.54 bits per heavy atom. The highest BCUT2D eigenvalue weighted by Gasteiger charge is 2.26. The van der Waals surface area contributed by atoms with Crippen molar-refractivity contribution in [2.45, 2.75) is 90.1 Å². The maximum absolute atomic E-state index is 2.51. The summed E-state index contributed by atoms with van der Waals surface area (Å²) in [4.78, 5) is 0. The first-order valence-electron chi connectivity index (χ1n) is 10.1. The quantitative estimate of drug-likeness (QED) is 0.536. The second-order valence-corrected chi connectivity index (χ2v) is 7.51. The highest BCUT2D eigenvalue weighted by atomic mass is 15.0. The molecule has 1 saturated carbocycles. The van der Waals surface area contributed by atoms with Gasteiger partial charge in [0.1, 0.15) is 0 Å². The fourth-order valence-corrected chi connectivity index (χ4v) is 4.34. The van der Waals surface area contributed by atoms with E-state index in [1.165, 1.54) is 64.5 Å². The summed E-state index contributed by atoms with van der Waals surface area (Å²) in [5.74, 6) is 1.54. The highest BCUT2D eigenvalue weighted by molar-refractivity contribution is 5.18. The molecule has 2 nitrogen and oxygen atoms in total. The predicted octanol–water partition coefficient (Wildman–Crippen LogP) is 6.33. The molecule has 2 aromatic rings. The zero-order valence-corrected chi connectivity index (χ0v) is 15.6. The lowest BCUT2D eigenvalue weighted by atomic mass is 9.79. The van der Waals surface area contributed by atoms with E-state index in [1.807, 2.05) is 0 Å². The number of aromatic nitrogens is 2. The Balaban J connectivity index is 1.60. The molecule has 2 heteroatoms. The van der Waals surface area contributed by atoms with E-state index >= 15 is 0 Å². The van der Waals surface area contributed by atoms with Crippen molar-refractivity contribution >= 4 is 0 Å². The van der Waals surface area contributed by atoms with Gasteiger partial charge >= 0.3 is 0 Å². The zero-order chi connectivity index (χ0) is 16.8. The molecule has 0 aromatic carbocycles. The largest absolute Gasteiger partial charge is 0.351 e. The van der Waals surface area contributed by atoms with Crippen LogP contribution in [0.3, 0.4) is 0 Å². The fraction of sp³-hybridized carbons (Fsp3) is 0.636. The molecule has 0 N–H and O–H groups in total. The Kier molecular flexibility index (Phi) is 6.23. The molecule has 132 valence electrons. The summed E-state index contributed by atoms with van der Waals surface area (Å²) in [7, 11) is 0. The number of aryl methyl sites for hydroxylation is 2. The van der Waals surface area contributed by atoms with Gasteiger partial charge in [0.2, 0.25) is 0 Å². The molecule has 3 rings (SSSR count). The molecule has 0 amide bonds. The molecule has 24 heavy (non-hydrogen) atoms. The monoisotopic (exact) mass is 326 g/mol. The number of hydrogen-bond donors (Lipinski definition) is 0. The predicted molar refractivity (Wildman–Crippen MR) is 103 cm³/mol. The van der Waals surface area contributed by atoms with Crippen molar-refractivity contribution in [3.05, 3.63) is 48.0 Å². The number of unbranched alkanes of at least 4 members (excludes halogenated alkanes) is 2. The van der Waals surface area contributed by atoms with Crippen LogP contribution in [0.5, 0.6) is 0 Å². The van der Waals surface area contributed by atoms with Crippen LogP contribution in [-0.2, 0) is 13.1 Å². The molecule has 0 aliphatic heterocycles. The molecule has 2 aromatic heterocycles. The third-order valence-electron chi connectivity index (χ3n) is 5.80. The Bertz CT molecular complexity index is 545. The van der Waals surface area contributed by atoms with Crippen molar-refractivity contribution in [3.63, 3.8) is 0 Å². The van der Waals surface area contributed by atoms with Gasteiger partial charge in [-0.25, -0.2) is 0 Å². The fourth-order valence-electron chi connectivity index (χ4n) is 4.34. The van der Waals surface area contributed by atoms with E-state index in [1.54, 1.807) is 11.4 Å². The van der Waals surface area contributed by atoms with Crippen LogP contribution in [0.15, 0.2) is 36.7 Å². The topological polar surface area (TPSA) is 9.86 Å². The summed E-state index contributed by atoms with van der Waals surface area (Å²) < 4.78 is 5.02. The van der Waals surface area contributed by atoms with Gasteiger partial charge in [-0.15, -0.1) is 0 Å². The molecular weight excluding hydrogens is 292 g/mol. The second kappa shape index (κ2) is 8.60. The van der Waals surface area contributed by atoms with Gasteiger partial charge in [-0.05, 0) is 74.6 Å². The van der Waals surface area contributed by atoms with E-state index in [0.29, 0.717) is 0 Å². The van der Waals surface area contributed by atoms with Crippen LogP contribution in [0.2, 0.25) is 0 Å². The van der Waals surface area contributed by atoms with Crippen LogP contribution in [0, 0.1) is 0 Å². The van der Waals surface area contributed by atoms with Gasteiger partial charge in [0.25, 0.3) is 0 Å². The first-order valence-corrected chi connectivity index (χ1v) is 10.1. The van der Waals surface area contributed by atoms with E-state index in [4.69, 9.17) is 0 Å². The molecule has 2 heterocycles. The smallest absolute Gasteiger partial charge is 0.0222 e. The summed E-state index contributed by atoms with van der Waals surface area (Å²) in [6.45, 7) is 6.95. The molecule has 1 aliphatic carbocycles. The van der Waals surface area contributed by atoms with Crippen molar-refractivity contribution in [2.24, 2.45) is 0 Å². The van der Waals surface area contributed by atoms with Crippen molar-refractivity contribution in [1.29, 1.82) is 0 Å². The lowest BCUT2D eigenvalue weighted by molar-refractivity contribution is 0.368. The van der Waals surface area contributed by atoms with Crippen molar-refractivity contribution in [1.82, 2.24) is 9.13 Å². The van der Waals surface area contributed by atoms with E-state index < -0.39 is 0 Å². The molecular formula is C22H34N2. The minimum absolute atomic E-state index is 0.771. The van der Waals surface area contributed by atoms with Crippen molar-refractivity contribution < 1.29 is 0 Å². The Morgan fingerprint density at radius 2 is 1.17 bits per heavy atom. The number of rotatable bonds is 8. The minimum atomic E-state index is 0.771. The lowest BCUT2D eigenvalue weighted by Gasteiger charge is -2.30. The van der Waals surface area contributed by atoms with Crippen molar-refractivity contribution in [3.8, 4) is 0 Å². The Hall–Kier alpha value is -1.44. The SMILES string of the molecule is CCCCn1cccc1C1CCC(c2cccn2CCCC)CC1. The van der Waals surface area contributed by atoms with E-state index in [-0.39, 0.29) is 0 Å². The summed E-state index contributed by atoms with van der Waals surface area (Å²) in [6.07, 6.45) is 15.1. The van der Waals surface area contributed by atoms with Gasteiger partial charge in [-0.2, -0.15) is 0 Å². The zero-order valence-electron chi connectivity index (χ0n) is 15.6. The van der Waals surface area contributed by atoms with Gasteiger partial charge in [-0.3, -0.25) is 0 Å². The normalized spacial score (nSPS) is 21.2. The van der Waals surface area contributed by atoms with Crippen LogP contribution < -0.4 is 0 Å². The van der Waals surface area contributed by atoms with E-state index in [0.717, 1.165) is 11.8 Å². The molecule has 0 atom stereocenters. The molecule has 1 aliphatic rings. The molecule has 0 radical (unpaired) electrons. The van der Waals surface area contributed by atoms with E-state index in [2.05, 4.69) is 59.6 Å². The van der Waals surface area contributed by atoms with Crippen LogP contribution >= 0.6 is 0 Å². The third-order valence-corrected chi connectivity index (χ3v) is 5.80. The van der Waals surface area contributed by atoms with Gasteiger partial charge in [0, 0.05) is 36.9 Å². The molecule has 1 fully saturated rings. The Labute approximate surface area is 147 Å². The van der Waals surface area contributed by atoms with Gasteiger partial charge in [-0.1, -0.05) is 26.7 Å². The van der Waals surface area contributed by atoms with Crippen LogP contribution in [-0.4, -0.2) is 9.13 Å². The minimum Gasteiger partial charge on any atom is -0.351 e. The lowest BCUT2D eigenvalue weighted by Crippen LogP contribution is -2.17. The average molecular weight is 327 g/mol. The summed E-state index contributed by atoms with van der Waals surface area (Å²) in [6, 6.07) is 9.22. The van der Waals surface area contributed by atoms with Gasteiger partial charge in [0.05, 0.1) is 0 Å². The number of nitrogens with zero attached hydrogens (tertiary/aromatic N) is 2. The standard InChI is InChI=1S/C22H34N2/c1-3-5-15-23-17-7-9-21(23)19-11-13-20(14-12-19)22-10-8-18-24(22)16-6-4-2/h7-10,17-20H,3-6,11-16H2,1-2H3. The number of hydrogen-bond acceptors (Lipinski definition) is 0. The maximum atomic E-state index is 2.51. The highest BCUT2D eigenvalue weighted by Crippen LogP contribution is 2.40. The van der Waals surface area contributed by atoms with Crippen LogP contribution in [0.1, 0.15) is 88.4 Å². The molecule has 0 bridgehead atoms. The first kappa shape index (κ1) is 17.4. The van der Waals surface area contributed by atoms with E-state index in [9.17, 15) is 0 Å². The molecule has 0 unspecified atom stereocenters. The maximum Gasteiger partial charge on any atom is 0.0222 e. The van der Waals surface area contributed by atoms with Gasteiger partial charge < -0.3 is 9.13 Å². The van der Waals surface area contributed by atoms with Gasteiger partial charge in [0.15, 0.2) is 0 Å². The summed E-state index contributed by atoms with van der Waals surface area (Å²) in [5, 5.41) is 0. The Morgan fingerprint density at radius 1 is 0.750 bits per heavy atom. The van der Waals surface area contributed by atoms with Crippen LogP contribution in [0.25, 0.3) is 0 Å². The summed E-state index contributed by atoms with van der Waals surface area (Å²) in [5.41, 5.74) is 3.17.